The Kier molecular flexibility index (Phi) is 4.76. The maximum absolute atomic E-state index is 13.0. The SMILES string of the molecule is Cc1nn(C(C)(C)C)cc1C(=O)NC1C2CC1N(C(=O)C1CCN(C)CC1)C2. The summed E-state index contributed by atoms with van der Waals surface area (Å²) in [4.78, 5) is 30.2. The van der Waals surface area contributed by atoms with Gasteiger partial charge in [-0.3, -0.25) is 14.3 Å². The Bertz CT molecular complexity index is 772. The number of nitrogens with one attached hydrogen (secondary N) is 1. The Morgan fingerprint density at radius 2 is 1.89 bits per heavy atom. The lowest BCUT2D eigenvalue weighted by atomic mass is 9.79. The molecule has 0 radical (unpaired) electrons. The van der Waals surface area contributed by atoms with Gasteiger partial charge in [0, 0.05) is 24.6 Å². The number of carbonyl (C=O) groups is 2. The van der Waals surface area contributed by atoms with E-state index < -0.39 is 0 Å². The average molecular weight is 388 g/mol. The first kappa shape index (κ1) is 19.4. The molecule has 1 N–H and O–H groups in total. The van der Waals surface area contributed by atoms with E-state index in [-0.39, 0.29) is 29.4 Å². The molecule has 2 amide bonds. The van der Waals surface area contributed by atoms with Crippen molar-refractivity contribution in [3.8, 4) is 0 Å². The molecule has 4 aliphatic rings. The predicted molar refractivity (Wildman–Crippen MR) is 107 cm³/mol. The number of aromatic nitrogens is 2. The second-order valence-corrected chi connectivity index (χ2v) is 9.87. The Hall–Kier alpha value is -1.89. The first-order chi connectivity index (χ1) is 13.1. The van der Waals surface area contributed by atoms with Crippen molar-refractivity contribution >= 4 is 11.8 Å². The molecule has 0 spiro atoms. The number of carbonyl (C=O) groups excluding carboxylic acids is 2. The van der Waals surface area contributed by atoms with Crippen molar-refractivity contribution in [3.05, 3.63) is 17.5 Å². The van der Waals surface area contributed by atoms with E-state index in [2.05, 4.69) is 48.0 Å². The second-order valence-electron chi connectivity index (χ2n) is 9.87. The van der Waals surface area contributed by atoms with E-state index in [9.17, 15) is 9.59 Å². The van der Waals surface area contributed by atoms with Crippen LogP contribution in [0.1, 0.15) is 56.1 Å². The molecule has 154 valence electrons. The lowest BCUT2D eigenvalue weighted by molar-refractivity contribution is -0.137. The molecular weight excluding hydrogens is 354 g/mol. The van der Waals surface area contributed by atoms with Gasteiger partial charge in [0.2, 0.25) is 5.91 Å². The van der Waals surface area contributed by atoms with E-state index in [4.69, 9.17) is 0 Å². The van der Waals surface area contributed by atoms with E-state index >= 15 is 0 Å². The summed E-state index contributed by atoms with van der Waals surface area (Å²) in [7, 11) is 2.11. The number of piperidine rings is 1. The van der Waals surface area contributed by atoms with E-state index in [0.717, 1.165) is 44.6 Å². The molecule has 28 heavy (non-hydrogen) atoms. The molecule has 3 saturated heterocycles. The molecule has 5 rings (SSSR count). The topological polar surface area (TPSA) is 70.5 Å². The van der Waals surface area contributed by atoms with E-state index in [0.29, 0.717) is 17.4 Å². The highest BCUT2D eigenvalue weighted by Gasteiger charge is 2.55. The molecule has 1 saturated carbocycles. The molecule has 1 aliphatic carbocycles. The van der Waals surface area contributed by atoms with Gasteiger partial charge >= 0.3 is 0 Å². The molecule has 1 aromatic rings. The minimum absolute atomic E-state index is 0.0682. The van der Waals surface area contributed by atoms with Crippen molar-refractivity contribution < 1.29 is 9.59 Å². The number of likely N-dealkylation sites (tertiary alicyclic amines) is 1. The van der Waals surface area contributed by atoms with Crippen LogP contribution < -0.4 is 5.32 Å². The van der Waals surface area contributed by atoms with Gasteiger partial charge in [-0.2, -0.15) is 5.10 Å². The summed E-state index contributed by atoms with van der Waals surface area (Å²) in [6, 6.07) is 0.249. The average Bonchev–Trinajstić information content (AvgIpc) is 3.31. The van der Waals surface area contributed by atoms with Crippen LogP contribution >= 0.6 is 0 Å². The second kappa shape index (κ2) is 6.87. The third kappa shape index (κ3) is 3.34. The molecule has 3 atom stereocenters. The molecule has 7 nitrogen and oxygen atoms in total. The fourth-order valence-corrected chi connectivity index (χ4v) is 4.83. The van der Waals surface area contributed by atoms with Crippen LogP contribution in [0.15, 0.2) is 6.20 Å². The van der Waals surface area contributed by atoms with E-state index in [1.807, 2.05) is 17.8 Å². The van der Waals surface area contributed by atoms with Gasteiger partial charge in [0.1, 0.15) is 0 Å². The largest absolute Gasteiger partial charge is 0.347 e. The van der Waals surface area contributed by atoms with Crippen LogP contribution in [-0.4, -0.2) is 70.2 Å². The Morgan fingerprint density at radius 3 is 2.50 bits per heavy atom. The maximum atomic E-state index is 13.0. The van der Waals surface area contributed by atoms with Gasteiger partial charge < -0.3 is 15.1 Å². The standard InChI is InChI=1S/C21H33N5O2/c1-13-16(12-26(23-13)21(2,3)4)19(27)22-18-15-10-17(18)25(11-15)20(28)14-6-8-24(5)9-7-14/h12,14-15,17-18H,6-11H2,1-5H3,(H,22,27). The molecule has 4 fully saturated rings. The number of rotatable bonds is 3. The first-order valence-corrected chi connectivity index (χ1v) is 10.5. The number of fused-ring (bicyclic) bond motifs is 1. The van der Waals surface area contributed by atoms with Crippen LogP contribution in [0.2, 0.25) is 0 Å². The van der Waals surface area contributed by atoms with Gasteiger partial charge in [-0.1, -0.05) is 0 Å². The summed E-state index contributed by atoms with van der Waals surface area (Å²) in [5.41, 5.74) is 1.23. The minimum Gasteiger partial charge on any atom is -0.347 e. The number of hydrogen-bond acceptors (Lipinski definition) is 4. The van der Waals surface area contributed by atoms with Crippen molar-refractivity contribution in [1.82, 2.24) is 24.9 Å². The van der Waals surface area contributed by atoms with Crippen molar-refractivity contribution in [3.63, 3.8) is 0 Å². The van der Waals surface area contributed by atoms with Gasteiger partial charge in [0.05, 0.1) is 28.9 Å². The van der Waals surface area contributed by atoms with Gasteiger partial charge in [0.25, 0.3) is 5.91 Å². The lowest BCUT2D eigenvalue weighted by Gasteiger charge is -2.38. The van der Waals surface area contributed by atoms with Crippen molar-refractivity contribution in [2.75, 3.05) is 26.7 Å². The maximum Gasteiger partial charge on any atom is 0.255 e. The van der Waals surface area contributed by atoms with Crippen molar-refractivity contribution in [2.45, 2.75) is 64.6 Å². The highest BCUT2D eigenvalue weighted by molar-refractivity contribution is 5.95. The summed E-state index contributed by atoms with van der Waals surface area (Å²) in [5, 5.41) is 7.71. The lowest BCUT2D eigenvalue weighted by Crippen LogP contribution is -2.56. The highest BCUT2D eigenvalue weighted by atomic mass is 16.2. The van der Waals surface area contributed by atoms with Gasteiger partial charge in [-0.25, -0.2) is 0 Å². The minimum atomic E-state index is -0.157. The van der Waals surface area contributed by atoms with Gasteiger partial charge in [0.15, 0.2) is 0 Å². The third-order valence-corrected chi connectivity index (χ3v) is 6.78. The normalized spacial score (nSPS) is 28.3. The zero-order valence-electron chi connectivity index (χ0n) is 17.7. The monoisotopic (exact) mass is 387 g/mol. The van der Waals surface area contributed by atoms with E-state index in [1.54, 1.807) is 0 Å². The summed E-state index contributed by atoms with van der Waals surface area (Å²) < 4.78 is 1.85. The molecule has 2 bridgehead atoms. The molecular formula is C21H33N5O2. The summed E-state index contributed by atoms with van der Waals surface area (Å²) in [6.07, 6.45) is 4.76. The predicted octanol–water partition coefficient (Wildman–Crippen LogP) is 1.62. The number of amides is 2. The molecule has 3 unspecified atom stereocenters. The Labute approximate surface area is 167 Å². The highest BCUT2D eigenvalue weighted by Crippen LogP contribution is 2.42. The zero-order valence-corrected chi connectivity index (χ0v) is 17.7. The fourth-order valence-electron chi connectivity index (χ4n) is 4.83. The Morgan fingerprint density at radius 1 is 1.21 bits per heavy atom. The zero-order chi connectivity index (χ0) is 20.2. The number of nitrogens with zero attached hydrogens (tertiary/aromatic N) is 4. The van der Waals surface area contributed by atoms with Crippen molar-refractivity contribution in [1.29, 1.82) is 0 Å². The van der Waals surface area contributed by atoms with Gasteiger partial charge in [-0.15, -0.1) is 0 Å². The quantitative estimate of drug-likeness (QED) is 0.856. The first-order valence-electron chi connectivity index (χ1n) is 10.5. The van der Waals surface area contributed by atoms with Gasteiger partial charge in [-0.05, 0) is 67.1 Å². The Balaban J connectivity index is 1.39. The molecule has 0 aromatic carbocycles. The molecule has 7 heteroatoms. The molecule has 3 aliphatic heterocycles. The number of aryl methyl sites for hydroxylation is 1. The fraction of sp³-hybridized carbons (Fsp3) is 0.762. The van der Waals surface area contributed by atoms with Crippen molar-refractivity contribution in [2.24, 2.45) is 11.8 Å². The van der Waals surface area contributed by atoms with Crippen LogP contribution in [0.25, 0.3) is 0 Å². The summed E-state index contributed by atoms with van der Waals surface area (Å²) in [5.74, 6) is 0.775. The molecule has 1 aromatic heterocycles. The smallest absolute Gasteiger partial charge is 0.255 e. The van der Waals surface area contributed by atoms with Crippen LogP contribution in [0.4, 0.5) is 0 Å². The van der Waals surface area contributed by atoms with Crippen LogP contribution in [0.3, 0.4) is 0 Å². The summed E-state index contributed by atoms with van der Waals surface area (Å²) >= 11 is 0. The van der Waals surface area contributed by atoms with Crippen LogP contribution in [-0.2, 0) is 10.3 Å². The summed E-state index contributed by atoms with van der Waals surface area (Å²) in [6.45, 7) is 10.9. The van der Waals surface area contributed by atoms with Crippen LogP contribution in [0.5, 0.6) is 0 Å². The molecule has 4 heterocycles. The van der Waals surface area contributed by atoms with E-state index in [1.165, 1.54) is 0 Å². The van der Waals surface area contributed by atoms with Crippen LogP contribution in [0, 0.1) is 18.8 Å². The number of hydrogen-bond donors (Lipinski definition) is 1. The third-order valence-electron chi connectivity index (χ3n) is 6.78.